The average Bonchev–Trinajstić information content (AvgIpc) is 2.82. The number of nitrogens with zero attached hydrogens (tertiary/aromatic N) is 1. The Morgan fingerprint density at radius 3 is 2.78 bits per heavy atom. The van der Waals surface area contributed by atoms with Crippen LogP contribution in [0.5, 0.6) is 0 Å². The van der Waals surface area contributed by atoms with Gasteiger partial charge in [-0.2, -0.15) is 0 Å². The summed E-state index contributed by atoms with van der Waals surface area (Å²) in [5.41, 5.74) is 0.318. The van der Waals surface area contributed by atoms with Gasteiger partial charge in [-0.05, 0) is 13.8 Å². The quantitative estimate of drug-likeness (QED) is 0.898. The molecule has 1 amide bonds. The van der Waals surface area contributed by atoms with E-state index in [1.54, 1.807) is 6.92 Å². The molecule has 2 aromatic heterocycles. The lowest BCUT2D eigenvalue weighted by molar-refractivity contribution is 0.0951. The van der Waals surface area contributed by atoms with E-state index in [4.69, 9.17) is 16.0 Å². The van der Waals surface area contributed by atoms with E-state index in [-0.39, 0.29) is 16.4 Å². The van der Waals surface area contributed by atoms with E-state index < -0.39 is 11.5 Å². The van der Waals surface area contributed by atoms with Gasteiger partial charge in [0.2, 0.25) is 5.89 Å². The summed E-state index contributed by atoms with van der Waals surface area (Å²) in [6, 6.07) is 0. The Bertz CT molecular complexity index is 624. The van der Waals surface area contributed by atoms with E-state index in [1.165, 1.54) is 0 Å². The van der Waals surface area contributed by atoms with Gasteiger partial charge in [0, 0.05) is 0 Å². The SMILES string of the molecule is Cc1nc(CNC(=O)c2s[nH]c(=O)c2Cl)oc1C. The van der Waals surface area contributed by atoms with Crippen molar-refractivity contribution in [3.05, 3.63) is 37.6 Å². The number of halogens is 1. The number of H-pyrrole nitrogens is 1. The van der Waals surface area contributed by atoms with Crippen LogP contribution < -0.4 is 10.9 Å². The Labute approximate surface area is 111 Å². The first kappa shape index (κ1) is 12.8. The molecule has 0 fully saturated rings. The van der Waals surface area contributed by atoms with Gasteiger partial charge in [-0.1, -0.05) is 23.1 Å². The summed E-state index contributed by atoms with van der Waals surface area (Å²) in [7, 11) is 0. The number of oxazole rings is 1. The van der Waals surface area contributed by atoms with E-state index in [0.29, 0.717) is 11.7 Å². The van der Waals surface area contributed by atoms with E-state index >= 15 is 0 Å². The first-order valence-corrected chi connectivity index (χ1v) is 6.26. The van der Waals surface area contributed by atoms with Crippen molar-refractivity contribution in [1.29, 1.82) is 0 Å². The first-order valence-electron chi connectivity index (χ1n) is 5.07. The summed E-state index contributed by atoms with van der Waals surface area (Å²) in [5, 5.41) is 2.48. The van der Waals surface area contributed by atoms with Crippen molar-refractivity contribution in [2.75, 3.05) is 0 Å². The van der Waals surface area contributed by atoms with Crippen LogP contribution in [0.25, 0.3) is 0 Å². The molecular formula is C10H10ClN3O3S. The maximum absolute atomic E-state index is 11.7. The van der Waals surface area contributed by atoms with Gasteiger partial charge in [0.25, 0.3) is 11.5 Å². The van der Waals surface area contributed by atoms with Gasteiger partial charge in [-0.3, -0.25) is 14.0 Å². The Kier molecular flexibility index (Phi) is 3.53. The zero-order valence-electron chi connectivity index (χ0n) is 9.67. The summed E-state index contributed by atoms with van der Waals surface area (Å²) in [4.78, 5) is 27.1. The highest BCUT2D eigenvalue weighted by molar-refractivity contribution is 7.08. The molecule has 0 aromatic carbocycles. The lowest BCUT2D eigenvalue weighted by Gasteiger charge is -1.99. The third-order valence-electron chi connectivity index (χ3n) is 2.32. The number of hydrogen-bond acceptors (Lipinski definition) is 5. The number of amides is 1. The fourth-order valence-corrected chi connectivity index (χ4v) is 2.24. The molecule has 2 aromatic rings. The molecule has 2 N–H and O–H groups in total. The van der Waals surface area contributed by atoms with Crippen LogP contribution in [0.2, 0.25) is 5.02 Å². The molecule has 0 unspecified atom stereocenters. The Morgan fingerprint density at radius 2 is 2.28 bits per heavy atom. The molecular weight excluding hydrogens is 278 g/mol. The monoisotopic (exact) mass is 287 g/mol. The molecule has 0 saturated heterocycles. The number of aryl methyl sites for hydroxylation is 2. The molecule has 0 bridgehead atoms. The largest absolute Gasteiger partial charge is 0.444 e. The van der Waals surface area contributed by atoms with Crippen LogP contribution in [-0.2, 0) is 6.54 Å². The minimum absolute atomic E-state index is 0.0998. The fourth-order valence-electron chi connectivity index (χ4n) is 1.29. The van der Waals surface area contributed by atoms with Crippen LogP contribution in [0.3, 0.4) is 0 Å². The maximum atomic E-state index is 11.7. The van der Waals surface area contributed by atoms with Gasteiger partial charge in [-0.25, -0.2) is 4.98 Å². The van der Waals surface area contributed by atoms with Gasteiger partial charge >= 0.3 is 0 Å². The number of carbonyl (C=O) groups is 1. The molecule has 0 spiro atoms. The predicted octanol–water partition coefficient (Wildman–Crippen LogP) is 1.62. The predicted molar refractivity (Wildman–Crippen MR) is 67.1 cm³/mol. The van der Waals surface area contributed by atoms with E-state index in [9.17, 15) is 9.59 Å². The molecule has 6 nitrogen and oxygen atoms in total. The van der Waals surface area contributed by atoms with Crippen molar-refractivity contribution in [1.82, 2.24) is 14.7 Å². The van der Waals surface area contributed by atoms with Crippen LogP contribution in [0.4, 0.5) is 0 Å². The van der Waals surface area contributed by atoms with Crippen molar-refractivity contribution < 1.29 is 9.21 Å². The number of carbonyl (C=O) groups excluding carboxylic acids is 1. The molecule has 18 heavy (non-hydrogen) atoms. The number of rotatable bonds is 3. The van der Waals surface area contributed by atoms with Crippen molar-refractivity contribution in [3.63, 3.8) is 0 Å². The minimum atomic E-state index is -0.463. The highest BCUT2D eigenvalue weighted by atomic mass is 35.5. The zero-order valence-corrected chi connectivity index (χ0v) is 11.2. The summed E-state index contributed by atoms with van der Waals surface area (Å²) < 4.78 is 7.69. The molecule has 2 rings (SSSR count). The number of aromatic amines is 1. The van der Waals surface area contributed by atoms with Crippen molar-refractivity contribution in [3.8, 4) is 0 Å². The number of hydrogen-bond donors (Lipinski definition) is 2. The molecule has 8 heteroatoms. The lowest BCUT2D eigenvalue weighted by atomic mass is 10.4. The zero-order chi connectivity index (χ0) is 13.3. The fraction of sp³-hybridized carbons (Fsp3) is 0.300. The van der Waals surface area contributed by atoms with Crippen molar-refractivity contribution in [2.45, 2.75) is 20.4 Å². The Morgan fingerprint density at radius 1 is 1.56 bits per heavy atom. The second-order valence-electron chi connectivity index (χ2n) is 3.61. The third kappa shape index (κ3) is 2.46. The van der Waals surface area contributed by atoms with Crippen LogP contribution in [0, 0.1) is 13.8 Å². The van der Waals surface area contributed by atoms with Gasteiger partial charge in [0.1, 0.15) is 15.7 Å². The lowest BCUT2D eigenvalue weighted by Crippen LogP contribution is -2.22. The van der Waals surface area contributed by atoms with E-state index in [1.807, 2.05) is 6.92 Å². The standard InChI is InChI=1S/C10H10ClN3O3S/c1-4-5(2)17-6(13-4)3-12-10(16)8-7(11)9(15)14-18-8/h3H2,1-2H3,(H,12,16)(H,14,15). The maximum Gasteiger partial charge on any atom is 0.277 e. The van der Waals surface area contributed by atoms with Gasteiger partial charge in [0.15, 0.2) is 0 Å². The summed E-state index contributed by atoms with van der Waals surface area (Å²) in [6.45, 7) is 3.76. The molecule has 0 aliphatic rings. The number of nitrogens with one attached hydrogen (secondary N) is 2. The average molecular weight is 288 g/mol. The van der Waals surface area contributed by atoms with Crippen molar-refractivity contribution in [2.24, 2.45) is 0 Å². The van der Waals surface area contributed by atoms with Gasteiger partial charge in [0.05, 0.1) is 12.2 Å². The number of aromatic nitrogens is 2. The first-order chi connectivity index (χ1) is 8.49. The highest BCUT2D eigenvalue weighted by Crippen LogP contribution is 2.14. The normalized spacial score (nSPS) is 10.6. The van der Waals surface area contributed by atoms with Gasteiger partial charge < -0.3 is 9.73 Å². The van der Waals surface area contributed by atoms with Crippen LogP contribution >= 0.6 is 23.1 Å². The Hall–Kier alpha value is -1.60. The van der Waals surface area contributed by atoms with Crippen LogP contribution in [0.1, 0.15) is 27.0 Å². The van der Waals surface area contributed by atoms with Crippen LogP contribution in [-0.4, -0.2) is 15.3 Å². The van der Waals surface area contributed by atoms with Crippen molar-refractivity contribution >= 4 is 29.0 Å². The highest BCUT2D eigenvalue weighted by Gasteiger charge is 2.16. The molecule has 2 heterocycles. The molecule has 0 aliphatic carbocycles. The smallest absolute Gasteiger partial charge is 0.277 e. The van der Waals surface area contributed by atoms with E-state index in [2.05, 4.69) is 14.7 Å². The minimum Gasteiger partial charge on any atom is -0.444 e. The second kappa shape index (κ2) is 4.95. The van der Waals surface area contributed by atoms with Crippen LogP contribution in [0.15, 0.2) is 9.21 Å². The van der Waals surface area contributed by atoms with Gasteiger partial charge in [-0.15, -0.1) is 0 Å². The molecule has 0 aliphatic heterocycles. The van der Waals surface area contributed by atoms with E-state index in [0.717, 1.165) is 17.2 Å². The summed E-state index contributed by atoms with van der Waals surface area (Å²) >= 11 is 6.58. The topological polar surface area (TPSA) is 88.0 Å². The molecule has 0 saturated carbocycles. The molecule has 0 atom stereocenters. The molecule has 0 radical (unpaired) electrons. The molecule has 96 valence electrons. The third-order valence-corrected chi connectivity index (χ3v) is 3.68. The second-order valence-corrected chi connectivity index (χ2v) is 4.80. The summed E-state index contributed by atoms with van der Waals surface area (Å²) in [6.07, 6.45) is 0. The Balaban J connectivity index is 2.05. The summed E-state index contributed by atoms with van der Waals surface area (Å²) in [5.74, 6) is 0.692.